The minimum absolute atomic E-state index is 0. The van der Waals surface area contributed by atoms with Crippen LogP contribution in [-0.2, 0) is 11.3 Å². The van der Waals surface area contributed by atoms with Gasteiger partial charge in [0.1, 0.15) is 0 Å². The molecule has 0 unspecified atom stereocenters. The van der Waals surface area contributed by atoms with Crippen LogP contribution in [-0.4, -0.2) is 71.9 Å². The van der Waals surface area contributed by atoms with Gasteiger partial charge in [0.25, 0.3) is 5.69 Å². The Kier molecular flexibility index (Phi) is 9.76. The van der Waals surface area contributed by atoms with Gasteiger partial charge in [0.2, 0.25) is 5.91 Å². The summed E-state index contributed by atoms with van der Waals surface area (Å²) in [6.07, 6.45) is 3.21. The van der Waals surface area contributed by atoms with Crippen LogP contribution in [0.25, 0.3) is 0 Å². The SMILES string of the molecule is CCCNC(=NCc1ccc([N+](=O)[O-])cc1)N1CCN(CC(=O)NC2CC2)CC1.I. The Hall–Kier alpha value is -1.95. The molecule has 30 heavy (non-hydrogen) atoms. The quantitative estimate of drug-likeness (QED) is 0.175. The number of guanidine groups is 1. The Bertz CT molecular complexity index is 731. The highest BCUT2D eigenvalue weighted by atomic mass is 127. The number of nitro benzene ring substituents is 1. The smallest absolute Gasteiger partial charge is 0.269 e. The predicted octanol–water partition coefficient (Wildman–Crippen LogP) is 1.96. The number of rotatable bonds is 8. The Morgan fingerprint density at radius 3 is 2.43 bits per heavy atom. The number of benzene rings is 1. The number of amides is 1. The first-order valence-corrected chi connectivity index (χ1v) is 10.3. The number of piperazine rings is 1. The van der Waals surface area contributed by atoms with Crippen LogP contribution in [0.5, 0.6) is 0 Å². The van der Waals surface area contributed by atoms with Crippen molar-refractivity contribution < 1.29 is 9.72 Å². The lowest BCUT2D eigenvalue weighted by molar-refractivity contribution is -0.384. The molecule has 3 rings (SSSR count). The maximum Gasteiger partial charge on any atom is 0.269 e. The minimum atomic E-state index is -0.397. The van der Waals surface area contributed by atoms with Crippen LogP contribution in [0.4, 0.5) is 5.69 Å². The molecule has 10 heteroatoms. The number of carbonyl (C=O) groups excluding carboxylic acids is 1. The Labute approximate surface area is 194 Å². The third kappa shape index (κ3) is 7.71. The molecule has 9 nitrogen and oxygen atoms in total. The predicted molar refractivity (Wildman–Crippen MR) is 127 cm³/mol. The fourth-order valence-electron chi connectivity index (χ4n) is 3.22. The Morgan fingerprint density at radius 2 is 1.87 bits per heavy atom. The standard InChI is InChI=1S/C20H30N6O3.HI/c1-2-9-21-20(22-14-16-3-7-18(8-4-16)26(28)29)25-12-10-24(11-13-25)15-19(27)23-17-5-6-17;/h3-4,7-8,17H,2,5-6,9-15H2,1H3,(H,21,22)(H,23,27);1H. The van der Waals surface area contributed by atoms with Crippen LogP contribution in [0.2, 0.25) is 0 Å². The van der Waals surface area contributed by atoms with Gasteiger partial charge in [-0.2, -0.15) is 0 Å². The number of nitrogens with zero attached hydrogens (tertiary/aromatic N) is 4. The van der Waals surface area contributed by atoms with Crippen molar-refractivity contribution in [2.45, 2.75) is 38.8 Å². The summed E-state index contributed by atoms with van der Waals surface area (Å²) in [5.74, 6) is 0.976. The molecule has 2 fully saturated rings. The summed E-state index contributed by atoms with van der Waals surface area (Å²) in [6.45, 7) is 7.14. The summed E-state index contributed by atoms with van der Waals surface area (Å²) >= 11 is 0. The van der Waals surface area contributed by atoms with Crippen LogP contribution >= 0.6 is 24.0 Å². The number of non-ortho nitro benzene ring substituents is 1. The normalized spacial score (nSPS) is 17.2. The number of hydrogen-bond acceptors (Lipinski definition) is 5. The van der Waals surface area contributed by atoms with E-state index in [2.05, 4.69) is 27.4 Å². The zero-order valence-corrected chi connectivity index (χ0v) is 19.7. The highest BCUT2D eigenvalue weighted by Gasteiger charge is 2.25. The van der Waals surface area contributed by atoms with E-state index < -0.39 is 4.92 Å². The minimum Gasteiger partial charge on any atom is -0.356 e. The molecule has 1 aromatic carbocycles. The van der Waals surface area contributed by atoms with Crippen molar-refractivity contribution in [1.29, 1.82) is 0 Å². The molecular weight excluding hydrogens is 499 g/mol. The van der Waals surface area contributed by atoms with E-state index in [9.17, 15) is 14.9 Å². The van der Waals surface area contributed by atoms with Gasteiger partial charge >= 0.3 is 0 Å². The molecule has 1 heterocycles. The summed E-state index contributed by atoms with van der Waals surface area (Å²) in [4.78, 5) is 31.5. The lowest BCUT2D eigenvalue weighted by atomic mass is 10.2. The van der Waals surface area contributed by atoms with Crippen LogP contribution in [0.1, 0.15) is 31.7 Å². The van der Waals surface area contributed by atoms with Crippen molar-refractivity contribution in [2.24, 2.45) is 4.99 Å². The van der Waals surface area contributed by atoms with Crippen LogP contribution in [0.3, 0.4) is 0 Å². The average molecular weight is 530 g/mol. The van der Waals surface area contributed by atoms with Gasteiger partial charge in [-0.15, -0.1) is 24.0 Å². The molecule has 1 saturated heterocycles. The van der Waals surface area contributed by atoms with Crippen molar-refractivity contribution in [3.8, 4) is 0 Å². The van der Waals surface area contributed by atoms with E-state index in [1.54, 1.807) is 12.1 Å². The Morgan fingerprint density at radius 1 is 1.20 bits per heavy atom. The average Bonchev–Trinajstić information content (AvgIpc) is 3.53. The third-order valence-electron chi connectivity index (χ3n) is 5.07. The highest BCUT2D eigenvalue weighted by molar-refractivity contribution is 14.0. The lowest BCUT2D eigenvalue weighted by Crippen LogP contribution is -2.54. The first kappa shape index (κ1) is 24.3. The monoisotopic (exact) mass is 530 g/mol. The lowest BCUT2D eigenvalue weighted by Gasteiger charge is -2.36. The van der Waals surface area contributed by atoms with Crippen molar-refractivity contribution in [2.75, 3.05) is 39.3 Å². The van der Waals surface area contributed by atoms with Gasteiger partial charge in [-0.05, 0) is 24.8 Å². The van der Waals surface area contributed by atoms with Crippen molar-refractivity contribution in [3.63, 3.8) is 0 Å². The van der Waals surface area contributed by atoms with Gasteiger partial charge in [-0.3, -0.25) is 19.8 Å². The van der Waals surface area contributed by atoms with Gasteiger partial charge < -0.3 is 15.5 Å². The summed E-state index contributed by atoms with van der Waals surface area (Å²) in [7, 11) is 0. The van der Waals surface area contributed by atoms with Gasteiger partial charge in [0.15, 0.2) is 5.96 Å². The summed E-state index contributed by atoms with van der Waals surface area (Å²) in [5.41, 5.74) is 1.02. The van der Waals surface area contributed by atoms with Gasteiger partial charge in [-0.25, -0.2) is 4.99 Å². The topological polar surface area (TPSA) is 103 Å². The van der Waals surface area contributed by atoms with Crippen molar-refractivity contribution in [3.05, 3.63) is 39.9 Å². The second kappa shape index (κ2) is 12.0. The number of nitrogens with one attached hydrogen (secondary N) is 2. The van der Waals surface area contributed by atoms with Crippen LogP contribution < -0.4 is 10.6 Å². The van der Waals surface area contributed by atoms with E-state index in [-0.39, 0.29) is 35.6 Å². The summed E-state index contributed by atoms with van der Waals surface area (Å²) < 4.78 is 0. The number of aliphatic imine (C=N–C) groups is 1. The molecular formula is C20H31IN6O3. The fourth-order valence-corrected chi connectivity index (χ4v) is 3.22. The molecule has 0 spiro atoms. The highest BCUT2D eigenvalue weighted by Crippen LogP contribution is 2.18. The van der Waals surface area contributed by atoms with Crippen molar-refractivity contribution >= 4 is 41.5 Å². The van der Waals surface area contributed by atoms with E-state index in [1.807, 2.05) is 0 Å². The van der Waals surface area contributed by atoms with Gasteiger partial charge in [0, 0.05) is 50.9 Å². The zero-order valence-electron chi connectivity index (χ0n) is 17.4. The molecule has 2 N–H and O–H groups in total. The van der Waals surface area contributed by atoms with E-state index >= 15 is 0 Å². The number of nitro groups is 1. The van der Waals surface area contributed by atoms with Crippen LogP contribution in [0, 0.1) is 10.1 Å². The molecule has 1 aromatic rings. The molecule has 166 valence electrons. The third-order valence-corrected chi connectivity index (χ3v) is 5.07. The maximum absolute atomic E-state index is 12.0. The molecule has 1 aliphatic heterocycles. The van der Waals surface area contributed by atoms with Crippen molar-refractivity contribution in [1.82, 2.24) is 20.4 Å². The first-order chi connectivity index (χ1) is 14.0. The van der Waals surface area contributed by atoms with E-state index in [4.69, 9.17) is 4.99 Å². The molecule has 2 aliphatic rings. The molecule has 0 bridgehead atoms. The summed E-state index contributed by atoms with van der Waals surface area (Å²) in [6, 6.07) is 6.91. The van der Waals surface area contributed by atoms with Gasteiger partial charge in [0.05, 0.1) is 18.0 Å². The van der Waals surface area contributed by atoms with E-state index in [0.29, 0.717) is 19.1 Å². The fraction of sp³-hybridized carbons (Fsp3) is 0.600. The van der Waals surface area contributed by atoms with E-state index in [1.165, 1.54) is 12.1 Å². The molecule has 1 aliphatic carbocycles. The number of hydrogen-bond donors (Lipinski definition) is 2. The van der Waals surface area contributed by atoms with Crippen LogP contribution in [0.15, 0.2) is 29.3 Å². The first-order valence-electron chi connectivity index (χ1n) is 10.3. The molecule has 0 radical (unpaired) electrons. The molecule has 0 aromatic heterocycles. The second-order valence-corrected chi connectivity index (χ2v) is 7.60. The maximum atomic E-state index is 12.0. The zero-order chi connectivity index (χ0) is 20.6. The van der Waals surface area contributed by atoms with Gasteiger partial charge in [-0.1, -0.05) is 19.1 Å². The molecule has 0 atom stereocenters. The number of halogens is 1. The summed E-state index contributed by atoms with van der Waals surface area (Å²) in [5, 5.41) is 17.2. The Balaban J connectivity index is 0.00000320. The second-order valence-electron chi connectivity index (χ2n) is 7.60. The van der Waals surface area contributed by atoms with E-state index in [0.717, 1.165) is 63.5 Å². The number of carbonyl (C=O) groups is 1. The molecule has 1 amide bonds. The molecule has 1 saturated carbocycles. The largest absolute Gasteiger partial charge is 0.356 e.